The molecule has 0 bridgehead atoms. The average Bonchev–Trinajstić information content (AvgIpc) is 3.15. The number of nitrogens with one attached hydrogen (secondary N) is 1. The molecular formula is C17H18N4O4. The van der Waals surface area contributed by atoms with Gasteiger partial charge >= 0.3 is 5.97 Å². The van der Waals surface area contributed by atoms with Gasteiger partial charge in [0.2, 0.25) is 0 Å². The van der Waals surface area contributed by atoms with Crippen LogP contribution >= 0.6 is 0 Å². The molecule has 0 radical (unpaired) electrons. The summed E-state index contributed by atoms with van der Waals surface area (Å²) in [5, 5.41) is 16.8. The number of carbonyl (C=O) groups is 2. The van der Waals surface area contributed by atoms with Crippen LogP contribution in [0.25, 0.3) is 11.0 Å². The first-order valence-electron chi connectivity index (χ1n) is 7.81. The summed E-state index contributed by atoms with van der Waals surface area (Å²) in [5.74, 6) is -0.695. The average molecular weight is 342 g/mol. The fraction of sp³-hybridized carbons (Fsp3) is 0.294. The number of carboxylic acids is 1. The van der Waals surface area contributed by atoms with E-state index >= 15 is 0 Å². The molecule has 0 saturated carbocycles. The number of nitrogens with zero attached hydrogens (tertiary/aromatic N) is 3. The molecule has 0 aliphatic heterocycles. The monoisotopic (exact) mass is 342 g/mol. The van der Waals surface area contributed by atoms with Crippen molar-refractivity contribution >= 4 is 22.9 Å². The summed E-state index contributed by atoms with van der Waals surface area (Å²) in [6.45, 7) is 5.67. The highest BCUT2D eigenvalue weighted by molar-refractivity contribution is 5.96. The van der Waals surface area contributed by atoms with Gasteiger partial charge in [-0.15, -0.1) is 0 Å². The summed E-state index contributed by atoms with van der Waals surface area (Å²) >= 11 is 0. The number of carboxylic acid groups (broad SMARTS) is 1. The number of rotatable bonds is 5. The Kier molecular flexibility index (Phi) is 4.26. The van der Waals surface area contributed by atoms with Crippen molar-refractivity contribution in [3.8, 4) is 0 Å². The Morgan fingerprint density at radius 2 is 2.08 bits per heavy atom. The molecule has 3 aromatic heterocycles. The summed E-state index contributed by atoms with van der Waals surface area (Å²) in [4.78, 5) is 27.6. The zero-order chi connectivity index (χ0) is 18.1. The topological polar surface area (TPSA) is 110 Å². The van der Waals surface area contributed by atoms with Gasteiger partial charge in [0.1, 0.15) is 17.1 Å². The zero-order valence-corrected chi connectivity index (χ0v) is 14.1. The second kappa shape index (κ2) is 6.39. The Morgan fingerprint density at radius 1 is 1.32 bits per heavy atom. The van der Waals surface area contributed by atoms with Crippen LogP contribution in [0.15, 0.2) is 28.9 Å². The van der Waals surface area contributed by atoms with E-state index in [0.717, 1.165) is 11.0 Å². The van der Waals surface area contributed by atoms with E-state index in [4.69, 9.17) is 9.52 Å². The van der Waals surface area contributed by atoms with Crippen LogP contribution in [-0.4, -0.2) is 31.7 Å². The molecule has 0 fully saturated rings. The molecule has 8 heteroatoms. The number of hydrogen-bond acceptors (Lipinski definition) is 5. The normalized spacial score (nSPS) is 11.2. The predicted octanol–water partition coefficient (Wildman–Crippen LogP) is 2.54. The van der Waals surface area contributed by atoms with Gasteiger partial charge in [-0.05, 0) is 32.9 Å². The van der Waals surface area contributed by atoms with Gasteiger partial charge in [-0.3, -0.25) is 4.79 Å². The number of amides is 1. The molecule has 0 aliphatic rings. The van der Waals surface area contributed by atoms with E-state index in [-0.39, 0.29) is 24.1 Å². The smallest absolute Gasteiger partial charge is 0.339 e. The molecule has 130 valence electrons. The molecule has 0 aromatic carbocycles. The minimum Gasteiger partial charge on any atom is -0.478 e. The lowest BCUT2D eigenvalue weighted by Crippen LogP contribution is -2.22. The lowest BCUT2D eigenvalue weighted by Gasteiger charge is -2.07. The third-order valence-corrected chi connectivity index (χ3v) is 3.81. The zero-order valence-electron chi connectivity index (χ0n) is 14.1. The molecule has 3 heterocycles. The SMILES string of the molecule is Cc1oc(CNC(=O)c2cnc3c(cnn3C(C)C)c2)cc1C(=O)O. The van der Waals surface area contributed by atoms with Gasteiger partial charge in [-0.2, -0.15) is 5.10 Å². The van der Waals surface area contributed by atoms with Crippen LogP contribution in [0.2, 0.25) is 0 Å². The van der Waals surface area contributed by atoms with Gasteiger partial charge in [0.25, 0.3) is 5.91 Å². The highest BCUT2D eigenvalue weighted by Crippen LogP contribution is 2.17. The number of aromatic carboxylic acids is 1. The number of pyridine rings is 1. The van der Waals surface area contributed by atoms with Gasteiger partial charge < -0.3 is 14.8 Å². The maximum atomic E-state index is 12.3. The first-order valence-corrected chi connectivity index (χ1v) is 7.81. The van der Waals surface area contributed by atoms with Crippen molar-refractivity contribution in [1.82, 2.24) is 20.1 Å². The summed E-state index contributed by atoms with van der Waals surface area (Å²) in [7, 11) is 0. The van der Waals surface area contributed by atoms with E-state index in [1.165, 1.54) is 12.3 Å². The van der Waals surface area contributed by atoms with Crippen molar-refractivity contribution in [1.29, 1.82) is 0 Å². The Labute approximate surface area is 143 Å². The van der Waals surface area contributed by atoms with Crippen LogP contribution in [0.1, 0.15) is 52.1 Å². The maximum Gasteiger partial charge on any atom is 0.339 e. The number of hydrogen-bond donors (Lipinski definition) is 2. The van der Waals surface area contributed by atoms with Crippen LogP contribution in [-0.2, 0) is 6.54 Å². The van der Waals surface area contributed by atoms with Gasteiger partial charge in [-0.25, -0.2) is 14.5 Å². The summed E-state index contributed by atoms with van der Waals surface area (Å²) in [6.07, 6.45) is 3.17. The van der Waals surface area contributed by atoms with Crippen LogP contribution in [0.3, 0.4) is 0 Å². The third-order valence-electron chi connectivity index (χ3n) is 3.81. The van der Waals surface area contributed by atoms with Crippen molar-refractivity contribution in [3.63, 3.8) is 0 Å². The first-order chi connectivity index (χ1) is 11.9. The number of carbonyl (C=O) groups excluding carboxylic acids is 1. The molecule has 0 unspecified atom stereocenters. The lowest BCUT2D eigenvalue weighted by molar-refractivity contribution is 0.0694. The van der Waals surface area contributed by atoms with E-state index in [1.807, 2.05) is 13.8 Å². The molecule has 25 heavy (non-hydrogen) atoms. The summed E-state index contributed by atoms with van der Waals surface area (Å²) in [6, 6.07) is 3.31. The van der Waals surface area contributed by atoms with Crippen molar-refractivity contribution < 1.29 is 19.1 Å². The Hall–Kier alpha value is -3.16. The van der Waals surface area contributed by atoms with Crippen LogP contribution in [0, 0.1) is 6.92 Å². The molecule has 3 rings (SSSR count). The van der Waals surface area contributed by atoms with E-state index in [2.05, 4.69) is 15.4 Å². The van der Waals surface area contributed by atoms with Crippen LogP contribution in [0.5, 0.6) is 0 Å². The van der Waals surface area contributed by atoms with Gasteiger partial charge in [-0.1, -0.05) is 0 Å². The largest absolute Gasteiger partial charge is 0.478 e. The number of furan rings is 1. The minimum atomic E-state index is -1.06. The fourth-order valence-electron chi connectivity index (χ4n) is 2.55. The number of fused-ring (bicyclic) bond motifs is 1. The predicted molar refractivity (Wildman–Crippen MR) is 89.5 cm³/mol. The highest BCUT2D eigenvalue weighted by Gasteiger charge is 2.15. The molecule has 3 aromatic rings. The molecule has 0 atom stereocenters. The minimum absolute atomic E-state index is 0.0911. The quantitative estimate of drug-likeness (QED) is 0.737. The number of aryl methyl sites for hydroxylation is 1. The Morgan fingerprint density at radius 3 is 2.72 bits per heavy atom. The molecule has 0 spiro atoms. The summed E-state index contributed by atoms with van der Waals surface area (Å²) < 4.78 is 7.13. The van der Waals surface area contributed by atoms with Gasteiger partial charge in [0.05, 0.1) is 18.3 Å². The summed E-state index contributed by atoms with van der Waals surface area (Å²) in [5.41, 5.74) is 1.21. The Bertz CT molecular complexity index is 955. The van der Waals surface area contributed by atoms with Crippen molar-refractivity contribution in [2.75, 3.05) is 0 Å². The van der Waals surface area contributed by atoms with Crippen LogP contribution in [0.4, 0.5) is 0 Å². The van der Waals surface area contributed by atoms with E-state index in [0.29, 0.717) is 17.1 Å². The van der Waals surface area contributed by atoms with E-state index in [1.54, 1.807) is 23.9 Å². The Balaban J connectivity index is 1.74. The maximum absolute atomic E-state index is 12.3. The second-order valence-electron chi connectivity index (χ2n) is 5.99. The first kappa shape index (κ1) is 16.7. The molecular weight excluding hydrogens is 324 g/mol. The van der Waals surface area contributed by atoms with Crippen LogP contribution < -0.4 is 5.32 Å². The molecule has 0 saturated heterocycles. The van der Waals surface area contributed by atoms with Gasteiger partial charge in [0, 0.05) is 17.6 Å². The molecule has 1 amide bonds. The third kappa shape index (κ3) is 3.23. The van der Waals surface area contributed by atoms with Crippen molar-refractivity contribution in [3.05, 3.63) is 47.2 Å². The second-order valence-corrected chi connectivity index (χ2v) is 5.99. The fourth-order valence-corrected chi connectivity index (χ4v) is 2.55. The molecule has 2 N–H and O–H groups in total. The van der Waals surface area contributed by atoms with Crippen molar-refractivity contribution in [2.24, 2.45) is 0 Å². The highest BCUT2D eigenvalue weighted by atomic mass is 16.4. The molecule has 8 nitrogen and oxygen atoms in total. The number of aromatic nitrogens is 3. The standard InChI is InChI=1S/C17H18N4O4/c1-9(2)21-15-11(7-20-21)4-12(6-18-15)16(22)19-8-13-5-14(17(23)24)10(3)25-13/h4-7,9H,8H2,1-3H3,(H,19,22)(H,23,24). The molecule has 0 aliphatic carbocycles. The van der Waals surface area contributed by atoms with E-state index < -0.39 is 5.97 Å². The van der Waals surface area contributed by atoms with E-state index in [9.17, 15) is 9.59 Å². The lowest BCUT2D eigenvalue weighted by atomic mass is 10.2. The van der Waals surface area contributed by atoms with Crippen molar-refractivity contribution in [2.45, 2.75) is 33.4 Å². The van der Waals surface area contributed by atoms with Gasteiger partial charge in [0.15, 0.2) is 5.65 Å².